The number of hydrogen-bond acceptors (Lipinski definition) is 6. The molecule has 1 saturated heterocycles. The predicted molar refractivity (Wildman–Crippen MR) is 167 cm³/mol. The molecule has 232 valence electrons. The second kappa shape index (κ2) is 12.1. The summed E-state index contributed by atoms with van der Waals surface area (Å²) in [6, 6.07) is 3.79. The quantitative estimate of drug-likeness (QED) is 0.438. The molecule has 1 saturated carbocycles. The van der Waals surface area contributed by atoms with Gasteiger partial charge >= 0.3 is 6.09 Å². The maximum Gasteiger partial charge on any atom is 0.414 e. The molecule has 2 amide bonds. The van der Waals surface area contributed by atoms with E-state index in [-0.39, 0.29) is 30.7 Å². The summed E-state index contributed by atoms with van der Waals surface area (Å²) in [6.45, 7) is 14.2. The van der Waals surface area contributed by atoms with Gasteiger partial charge in [-0.1, -0.05) is 11.1 Å². The van der Waals surface area contributed by atoms with Crippen molar-refractivity contribution in [2.24, 2.45) is 10.9 Å². The monoisotopic (exact) mass is 600 g/mol. The molecule has 2 aliphatic heterocycles. The molecule has 1 N–H and O–H groups in total. The fourth-order valence-corrected chi connectivity index (χ4v) is 7.76. The molecule has 1 spiro atoms. The minimum absolute atomic E-state index is 0.0155. The van der Waals surface area contributed by atoms with Gasteiger partial charge in [-0.25, -0.2) is 17.5 Å². The van der Waals surface area contributed by atoms with Gasteiger partial charge in [0, 0.05) is 31.7 Å². The molecule has 0 atom stereocenters. The van der Waals surface area contributed by atoms with Gasteiger partial charge in [0.05, 0.1) is 5.75 Å². The van der Waals surface area contributed by atoms with Crippen LogP contribution in [0.1, 0.15) is 89.8 Å². The van der Waals surface area contributed by atoms with Crippen molar-refractivity contribution in [2.45, 2.75) is 105 Å². The molecule has 1 aromatic rings. The minimum Gasteiger partial charge on any atom is -0.443 e. The molecule has 0 radical (unpaired) electrons. The predicted octanol–water partition coefficient (Wildman–Crippen LogP) is 5.44. The van der Waals surface area contributed by atoms with Crippen molar-refractivity contribution in [1.29, 1.82) is 0 Å². The molecule has 42 heavy (non-hydrogen) atoms. The lowest BCUT2D eigenvalue weighted by atomic mass is 9.83. The van der Waals surface area contributed by atoms with E-state index in [0.717, 1.165) is 48.2 Å². The number of ether oxygens (including phenoxy) is 1. The van der Waals surface area contributed by atoms with Crippen LogP contribution in [0.3, 0.4) is 0 Å². The van der Waals surface area contributed by atoms with E-state index in [4.69, 9.17) is 9.73 Å². The summed E-state index contributed by atoms with van der Waals surface area (Å²) in [4.78, 5) is 32.0. The van der Waals surface area contributed by atoms with E-state index in [1.807, 2.05) is 46.8 Å². The van der Waals surface area contributed by atoms with Crippen LogP contribution in [0.15, 0.2) is 28.3 Å². The molecule has 0 aromatic heterocycles. The first-order chi connectivity index (χ1) is 19.5. The highest BCUT2D eigenvalue weighted by molar-refractivity contribution is 7.89. The summed E-state index contributed by atoms with van der Waals surface area (Å²) < 4.78 is 33.8. The van der Waals surface area contributed by atoms with Crippen LogP contribution in [0.4, 0.5) is 10.5 Å². The van der Waals surface area contributed by atoms with Gasteiger partial charge in [0.2, 0.25) is 10.0 Å². The summed E-state index contributed by atoms with van der Waals surface area (Å²) >= 11 is 0. The Balaban J connectivity index is 1.37. The zero-order valence-electron chi connectivity index (χ0n) is 26.6. The molecule has 0 unspecified atom stereocenters. The Morgan fingerprint density at radius 3 is 2.21 bits per heavy atom. The van der Waals surface area contributed by atoms with Crippen LogP contribution in [0, 0.1) is 19.8 Å². The second-order valence-electron chi connectivity index (χ2n) is 13.4. The maximum absolute atomic E-state index is 13.4. The van der Waals surface area contributed by atoms with Crippen LogP contribution in [-0.4, -0.2) is 67.6 Å². The number of nitrogens with zero attached hydrogens (tertiary/aromatic N) is 3. The number of piperidine rings is 1. The third-order valence-corrected chi connectivity index (χ3v) is 10.8. The van der Waals surface area contributed by atoms with E-state index in [0.29, 0.717) is 24.9 Å². The first-order valence-electron chi connectivity index (χ1n) is 15.1. The lowest BCUT2D eigenvalue weighted by Crippen LogP contribution is -2.51. The number of rotatable bonds is 6. The molecule has 3 aliphatic rings. The van der Waals surface area contributed by atoms with E-state index < -0.39 is 27.3 Å². The lowest BCUT2D eigenvalue weighted by molar-refractivity contribution is -0.125. The standard InChI is InChI=1S/C32H48N4O5S/c1-21(2)24-9-11-25(12-10-24)28-33-29(37)32(34-28)14-16-36(17-15-32)42(39,40)18-13-27-22(3)19-26(20-23(27)4)35(8)30(38)41-31(5,6)7/h19-20,25H,9-18H2,1-8H3,(H,33,34,37). The van der Waals surface area contributed by atoms with Crippen LogP contribution >= 0.6 is 0 Å². The highest BCUT2D eigenvalue weighted by atomic mass is 32.2. The first kappa shape index (κ1) is 32.2. The van der Waals surface area contributed by atoms with Crippen LogP contribution in [-0.2, 0) is 26.0 Å². The highest BCUT2D eigenvalue weighted by Gasteiger charge is 2.48. The molecule has 2 heterocycles. The van der Waals surface area contributed by atoms with Gasteiger partial charge in [-0.3, -0.25) is 14.7 Å². The van der Waals surface area contributed by atoms with Crippen molar-refractivity contribution in [3.8, 4) is 0 Å². The maximum atomic E-state index is 13.4. The molecule has 10 heteroatoms. The van der Waals surface area contributed by atoms with Crippen LogP contribution in [0.25, 0.3) is 0 Å². The summed E-state index contributed by atoms with van der Waals surface area (Å²) in [6.07, 6.45) is 4.81. The van der Waals surface area contributed by atoms with Gasteiger partial charge in [0.15, 0.2) is 0 Å². The number of aryl methyl sites for hydroxylation is 2. The molecule has 1 aromatic carbocycles. The zero-order valence-corrected chi connectivity index (χ0v) is 27.4. The Labute approximate surface area is 251 Å². The van der Waals surface area contributed by atoms with E-state index >= 15 is 0 Å². The Morgan fingerprint density at radius 1 is 1.12 bits per heavy atom. The fraction of sp³-hybridized carbons (Fsp3) is 0.656. The van der Waals surface area contributed by atoms with Crippen LogP contribution in [0.5, 0.6) is 0 Å². The van der Waals surface area contributed by atoms with Gasteiger partial charge in [-0.15, -0.1) is 0 Å². The molecular weight excluding hydrogens is 552 g/mol. The molecule has 4 rings (SSSR count). The topological polar surface area (TPSA) is 108 Å². The van der Waals surface area contributed by atoms with Gasteiger partial charge < -0.3 is 10.1 Å². The lowest BCUT2D eigenvalue weighted by Gasteiger charge is -2.34. The number of sulfonamides is 1. The van der Waals surface area contributed by atoms with E-state index in [9.17, 15) is 18.0 Å². The number of aliphatic imine (C=N–C) groups is 1. The number of nitrogens with one attached hydrogen (secondary N) is 1. The molecule has 1 aliphatic carbocycles. The van der Waals surface area contributed by atoms with E-state index in [1.165, 1.54) is 20.4 Å². The number of benzene rings is 1. The number of amidine groups is 1. The van der Waals surface area contributed by atoms with Crippen LogP contribution in [0.2, 0.25) is 0 Å². The van der Waals surface area contributed by atoms with Crippen molar-refractivity contribution in [2.75, 3.05) is 30.8 Å². The molecule has 9 nitrogen and oxygen atoms in total. The first-order valence-corrected chi connectivity index (χ1v) is 16.7. The summed E-state index contributed by atoms with van der Waals surface area (Å²) in [5.41, 5.74) is 4.98. The molecule has 0 bridgehead atoms. The number of anilines is 1. The highest BCUT2D eigenvalue weighted by Crippen LogP contribution is 2.36. The summed E-state index contributed by atoms with van der Waals surface area (Å²) in [7, 11) is -1.85. The van der Waals surface area contributed by atoms with Crippen molar-refractivity contribution in [3.05, 3.63) is 40.0 Å². The van der Waals surface area contributed by atoms with Crippen LogP contribution < -0.4 is 10.2 Å². The smallest absolute Gasteiger partial charge is 0.414 e. The van der Waals surface area contributed by atoms with Crippen molar-refractivity contribution in [1.82, 2.24) is 9.62 Å². The van der Waals surface area contributed by atoms with Gasteiger partial charge in [0.25, 0.3) is 5.91 Å². The van der Waals surface area contributed by atoms with Crippen molar-refractivity contribution < 1.29 is 22.7 Å². The average molecular weight is 601 g/mol. The molecule has 2 fully saturated rings. The Morgan fingerprint density at radius 2 is 1.69 bits per heavy atom. The number of carbonyl (C=O) groups is 2. The van der Waals surface area contributed by atoms with Crippen molar-refractivity contribution in [3.63, 3.8) is 0 Å². The Bertz CT molecular complexity index is 1360. The number of amides is 2. The van der Waals surface area contributed by atoms with Gasteiger partial charge in [-0.05, 0) is 122 Å². The average Bonchev–Trinajstić information content (AvgIpc) is 3.22. The second-order valence-corrected chi connectivity index (χ2v) is 15.5. The number of hydrogen-bond donors (Lipinski definition) is 1. The zero-order chi connectivity index (χ0) is 31.0. The largest absolute Gasteiger partial charge is 0.443 e. The van der Waals surface area contributed by atoms with Gasteiger partial charge in [0.1, 0.15) is 17.0 Å². The van der Waals surface area contributed by atoms with E-state index in [1.54, 1.807) is 7.05 Å². The minimum atomic E-state index is -3.52. The third kappa shape index (κ3) is 7.08. The number of allylic oxidation sites excluding steroid dienone is 2. The van der Waals surface area contributed by atoms with Crippen molar-refractivity contribution >= 4 is 33.5 Å². The van der Waals surface area contributed by atoms with E-state index in [2.05, 4.69) is 19.2 Å². The number of carbonyl (C=O) groups excluding carboxylic acids is 2. The summed E-state index contributed by atoms with van der Waals surface area (Å²) in [5, 5.41) is 3.07. The van der Waals surface area contributed by atoms with Gasteiger partial charge in [-0.2, -0.15) is 0 Å². The summed E-state index contributed by atoms with van der Waals surface area (Å²) in [5.74, 6) is 0.972. The fourth-order valence-electron chi connectivity index (χ4n) is 6.30. The molecular formula is C32H48N4O5S. The third-order valence-electron chi connectivity index (χ3n) is 8.97. The SMILES string of the molecule is CC(C)=C1CCC(C2=NC3(CCN(S(=O)(=O)CCc4c(C)cc(N(C)C(=O)OC(C)(C)C)cc4C)CC3)C(=O)N2)CC1. The Hall–Kier alpha value is -2.72. The normalized spacial score (nSPS) is 21.2. The Kier molecular flexibility index (Phi) is 9.28.